The van der Waals surface area contributed by atoms with Crippen molar-refractivity contribution in [1.29, 1.82) is 0 Å². The lowest BCUT2D eigenvalue weighted by atomic mass is 9.77. The lowest BCUT2D eigenvalue weighted by molar-refractivity contribution is 0.302. The van der Waals surface area contributed by atoms with E-state index in [9.17, 15) is 13.2 Å². The Morgan fingerprint density at radius 3 is 2.18 bits per heavy atom. The van der Waals surface area contributed by atoms with Crippen LogP contribution in [0.15, 0.2) is 54.9 Å². The molecule has 0 radical (unpaired) electrons. The minimum Gasteiger partial charge on any atom is -0.216 e. The maximum atomic E-state index is 13.4. The molecule has 2 aromatic carbocycles. The first-order chi connectivity index (χ1) is 13.7. The van der Waals surface area contributed by atoms with Crippen LogP contribution in [0.1, 0.15) is 69.3 Å². The lowest BCUT2D eigenvalue weighted by Crippen LogP contribution is -2.13. The molecule has 0 unspecified atom stereocenters. The van der Waals surface area contributed by atoms with E-state index in [1.54, 1.807) is 12.1 Å². The van der Waals surface area contributed by atoms with E-state index in [1.165, 1.54) is 62.6 Å². The third-order valence-corrected chi connectivity index (χ3v) is 6.05. The monoisotopic (exact) mass is 386 g/mol. The van der Waals surface area contributed by atoms with Crippen molar-refractivity contribution in [1.82, 2.24) is 0 Å². The van der Waals surface area contributed by atoms with Crippen LogP contribution in [-0.2, 0) is 0 Å². The van der Waals surface area contributed by atoms with Crippen molar-refractivity contribution < 1.29 is 13.2 Å². The molecule has 1 aliphatic rings. The van der Waals surface area contributed by atoms with Crippen molar-refractivity contribution >= 4 is 0 Å². The normalized spacial score (nSPS) is 20.0. The third-order valence-electron chi connectivity index (χ3n) is 6.05. The zero-order valence-corrected chi connectivity index (χ0v) is 16.3. The minimum absolute atomic E-state index is 0.602. The van der Waals surface area contributed by atoms with Gasteiger partial charge in [-0.25, -0.2) is 13.2 Å². The molecule has 28 heavy (non-hydrogen) atoms. The van der Waals surface area contributed by atoms with Gasteiger partial charge >= 0.3 is 0 Å². The van der Waals surface area contributed by atoms with Gasteiger partial charge in [0.1, 0.15) is 0 Å². The summed E-state index contributed by atoms with van der Waals surface area (Å²) in [5.41, 5.74) is 2.97. The highest BCUT2D eigenvalue weighted by atomic mass is 19.2. The molecule has 0 aromatic heterocycles. The number of halogens is 3. The summed E-state index contributed by atoms with van der Waals surface area (Å²) < 4.78 is 38.5. The fraction of sp³-hybridized carbons (Fsp3) is 0.440. The van der Waals surface area contributed by atoms with Gasteiger partial charge in [-0.15, -0.1) is 0 Å². The van der Waals surface area contributed by atoms with Crippen LogP contribution >= 0.6 is 0 Å². The molecule has 1 fully saturated rings. The summed E-state index contributed by atoms with van der Waals surface area (Å²) in [6.45, 7) is 0. The Bertz CT molecular complexity index is 756. The van der Waals surface area contributed by atoms with Crippen molar-refractivity contribution in [3.63, 3.8) is 0 Å². The second kappa shape index (κ2) is 10.5. The zero-order chi connectivity index (χ0) is 19.8. The topological polar surface area (TPSA) is 0 Å². The zero-order valence-electron chi connectivity index (χ0n) is 16.3. The Balaban J connectivity index is 1.46. The van der Waals surface area contributed by atoms with Crippen LogP contribution in [0.5, 0.6) is 0 Å². The van der Waals surface area contributed by atoms with Gasteiger partial charge in [0.15, 0.2) is 11.6 Å². The maximum absolute atomic E-state index is 13.4. The lowest BCUT2D eigenvalue weighted by Gasteiger charge is -2.29. The molecule has 3 rings (SSSR count). The predicted octanol–water partition coefficient (Wildman–Crippen LogP) is 8.34. The smallest absolute Gasteiger partial charge is 0.159 e. The van der Waals surface area contributed by atoms with Crippen LogP contribution in [0.4, 0.5) is 13.2 Å². The SMILES string of the molecule is F/C=C/CCCCC[C@H]1CC[C@H](c2ccc(-c3ccc(F)c(F)c3)cc2)CC1. The molecular formula is C25H29F3. The van der Waals surface area contributed by atoms with Crippen molar-refractivity contribution in [2.75, 3.05) is 0 Å². The van der Waals surface area contributed by atoms with Gasteiger partial charge in [-0.1, -0.05) is 55.7 Å². The number of hydrogen-bond acceptors (Lipinski definition) is 0. The molecule has 0 N–H and O–H groups in total. The summed E-state index contributed by atoms with van der Waals surface area (Å²) in [6, 6.07) is 12.4. The second-order valence-electron chi connectivity index (χ2n) is 7.97. The summed E-state index contributed by atoms with van der Waals surface area (Å²) in [5.74, 6) is -0.188. The highest BCUT2D eigenvalue weighted by Gasteiger charge is 2.22. The van der Waals surface area contributed by atoms with Crippen molar-refractivity contribution in [3.8, 4) is 11.1 Å². The second-order valence-corrected chi connectivity index (χ2v) is 7.97. The molecule has 1 aliphatic carbocycles. The highest BCUT2D eigenvalue weighted by molar-refractivity contribution is 5.63. The molecule has 3 heteroatoms. The summed E-state index contributed by atoms with van der Waals surface area (Å²) in [5, 5.41) is 0. The predicted molar refractivity (Wildman–Crippen MR) is 110 cm³/mol. The Morgan fingerprint density at radius 1 is 0.786 bits per heavy atom. The standard InChI is InChI=1S/C25H29F3/c26-17-5-3-1-2-4-6-19-7-9-20(10-8-19)21-11-13-22(14-12-21)23-15-16-24(27)25(28)18-23/h5,11-20H,1-4,6-10H2/b17-5+/t19-,20-. The quantitative estimate of drug-likeness (QED) is 0.400. The van der Waals surface area contributed by atoms with Crippen LogP contribution in [0.25, 0.3) is 11.1 Å². The molecule has 0 aliphatic heterocycles. The fourth-order valence-corrected chi connectivity index (χ4v) is 4.34. The van der Waals surface area contributed by atoms with Crippen LogP contribution in [0.2, 0.25) is 0 Å². The van der Waals surface area contributed by atoms with Gasteiger partial charge in [-0.2, -0.15) is 0 Å². The largest absolute Gasteiger partial charge is 0.216 e. The molecule has 0 amide bonds. The third kappa shape index (κ3) is 5.73. The summed E-state index contributed by atoms with van der Waals surface area (Å²) >= 11 is 0. The molecule has 0 bridgehead atoms. The van der Waals surface area contributed by atoms with Gasteiger partial charge in [0.2, 0.25) is 0 Å². The Labute approximate surface area is 166 Å². The van der Waals surface area contributed by atoms with E-state index < -0.39 is 11.6 Å². The van der Waals surface area contributed by atoms with Crippen molar-refractivity contribution in [3.05, 3.63) is 72.1 Å². The summed E-state index contributed by atoms with van der Waals surface area (Å²) in [7, 11) is 0. The van der Waals surface area contributed by atoms with Gasteiger partial charge in [-0.05, 0) is 79.2 Å². The minimum atomic E-state index is -0.811. The summed E-state index contributed by atoms with van der Waals surface area (Å²) in [4.78, 5) is 0. The first kappa shape index (κ1) is 20.7. The molecule has 150 valence electrons. The van der Waals surface area contributed by atoms with E-state index in [0.717, 1.165) is 24.3 Å². The molecule has 0 saturated heterocycles. The maximum Gasteiger partial charge on any atom is 0.159 e. The average molecular weight is 387 g/mol. The van der Waals surface area contributed by atoms with Gasteiger partial charge in [0, 0.05) is 0 Å². The highest BCUT2D eigenvalue weighted by Crippen LogP contribution is 2.38. The number of rotatable bonds is 8. The van der Waals surface area contributed by atoms with Crippen molar-refractivity contribution in [2.24, 2.45) is 5.92 Å². The molecular weight excluding hydrogens is 357 g/mol. The molecule has 0 spiro atoms. The molecule has 1 saturated carbocycles. The number of unbranched alkanes of at least 4 members (excludes halogenated alkanes) is 3. The summed E-state index contributed by atoms with van der Waals surface area (Å²) in [6.07, 6.45) is 12.9. The van der Waals surface area contributed by atoms with Gasteiger partial charge < -0.3 is 0 Å². The molecule has 2 aromatic rings. The van der Waals surface area contributed by atoms with E-state index in [1.807, 2.05) is 12.1 Å². The van der Waals surface area contributed by atoms with Crippen LogP contribution < -0.4 is 0 Å². The molecule has 0 heterocycles. The van der Waals surface area contributed by atoms with Crippen LogP contribution in [0.3, 0.4) is 0 Å². The molecule has 0 atom stereocenters. The Kier molecular flexibility index (Phi) is 7.76. The van der Waals surface area contributed by atoms with E-state index in [-0.39, 0.29) is 0 Å². The fourth-order valence-electron chi connectivity index (χ4n) is 4.34. The van der Waals surface area contributed by atoms with E-state index >= 15 is 0 Å². The van der Waals surface area contributed by atoms with Crippen LogP contribution in [-0.4, -0.2) is 0 Å². The van der Waals surface area contributed by atoms with E-state index in [4.69, 9.17) is 0 Å². The van der Waals surface area contributed by atoms with Crippen molar-refractivity contribution in [2.45, 2.75) is 63.7 Å². The Morgan fingerprint density at radius 2 is 1.50 bits per heavy atom. The molecule has 0 nitrogen and oxygen atoms in total. The Hall–Kier alpha value is -2.03. The average Bonchev–Trinajstić information content (AvgIpc) is 2.73. The number of allylic oxidation sites excluding steroid dienone is 1. The van der Waals surface area contributed by atoms with E-state index in [0.29, 0.717) is 17.8 Å². The van der Waals surface area contributed by atoms with Gasteiger partial charge in [-0.3, -0.25) is 0 Å². The first-order valence-corrected chi connectivity index (χ1v) is 10.5. The van der Waals surface area contributed by atoms with Gasteiger partial charge in [0.05, 0.1) is 6.33 Å². The van der Waals surface area contributed by atoms with Gasteiger partial charge in [0.25, 0.3) is 0 Å². The van der Waals surface area contributed by atoms with Crippen LogP contribution in [0, 0.1) is 17.6 Å². The van der Waals surface area contributed by atoms with E-state index in [2.05, 4.69) is 12.1 Å². The number of benzene rings is 2. The first-order valence-electron chi connectivity index (χ1n) is 10.5. The number of hydrogen-bond donors (Lipinski definition) is 0.